The highest BCUT2D eigenvalue weighted by Gasteiger charge is 2.24. The van der Waals surface area contributed by atoms with Gasteiger partial charge in [0.05, 0.1) is 44.4 Å². The second kappa shape index (κ2) is 22.2. The molecule has 14 nitrogen and oxygen atoms in total. The highest BCUT2D eigenvalue weighted by Crippen LogP contribution is 2.40. The molecule has 1 saturated heterocycles. The lowest BCUT2D eigenvalue weighted by atomic mass is 10.3. The van der Waals surface area contributed by atoms with Crippen LogP contribution in [0.15, 0.2) is 24.4 Å². The lowest BCUT2D eigenvalue weighted by Crippen LogP contribution is -2.47. The highest BCUT2D eigenvalue weighted by molar-refractivity contribution is 7.51. The first-order valence-corrected chi connectivity index (χ1v) is 21.7. The van der Waals surface area contributed by atoms with Crippen LogP contribution in [0, 0.1) is 0 Å². The highest BCUT2D eigenvalue weighted by atomic mass is 31.2. The number of nitrogens with zero attached hydrogens (tertiary/aromatic N) is 5. The third-order valence-corrected chi connectivity index (χ3v) is 11.5. The standard InChI is InChI=1S/C29H58N5O9P3/c1-4-7-22-41-44(35,36)26-32-16-14-31(25-29-12-10-11-13-30-29)15-17-33(27-45(37,38)42-23-8-5-2)19-21-34(20-18-32)28-46(39,40)43-24-9-6-3/h10-13H,4-9,14-28H2,1-3H3,(H,35,36)(H,37,38)(H,39,40)/p-3. The number of pyridine rings is 1. The van der Waals surface area contributed by atoms with E-state index in [1.165, 1.54) is 0 Å². The van der Waals surface area contributed by atoms with E-state index in [0.29, 0.717) is 52.0 Å². The van der Waals surface area contributed by atoms with Crippen molar-refractivity contribution in [2.75, 3.05) is 91.0 Å². The van der Waals surface area contributed by atoms with Gasteiger partial charge in [-0.3, -0.25) is 24.6 Å². The molecule has 0 spiro atoms. The molecule has 0 bridgehead atoms. The van der Waals surface area contributed by atoms with Crippen LogP contribution in [0.3, 0.4) is 0 Å². The summed E-state index contributed by atoms with van der Waals surface area (Å²) in [7, 11) is -12.6. The Kier molecular flexibility index (Phi) is 20.1. The third-order valence-electron chi connectivity index (χ3n) is 7.52. The maximum absolute atomic E-state index is 12.9. The lowest BCUT2D eigenvalue weighted by Gasteiger charge is -2.38. The van der Waals surface area contributed by atoms with Gasteiger partial charge >= 0.3 is 0 Å². The van der Waals surface area contributed by atoms with Crippen molar-refractivity contribution in [2.24, 2.45) is 0 Å². The quantitative estimate of drug-likeness (QED) is 0.143. The van der Waals surface area contributed by atoms with E-state index in [9.17, 15) is 28.4 Å². The van der Waals surface area contributed by atoms with Crippen LogP contribution >= 0.6 is 22.8 Å². The predicted octanol–water partition coefficient (Wildman–Crippen LogP) is 2.79. The molecule has 1 fully saturated rings. The molecule has 2 heterocycles. The molecule has 3 atom stereocenters. The van der Waals surface area contributed by atoms with Crippen molar-refractivity contribution < 1.29 is 41.9 Å². The Balaban J connectivity index is 2.30. The first-order chi connectivity index (χ1) is 21.9. The Morgan fingerprint density at radius 2 is 0.957 bits per heavy atom. The van der Waals surface area contributed by atoms with E-state index >= 15 is 0 Å². The predicted molar refractivity (Wildman–Crippen MR) is 174 cm³/mol. The van der Waals surface area contributed by atoms with Gasteiger partial charge in [0.25, 0.3) is 0 Å². The van der Waals surface area contributed by atoms with E-state index in [4.69, 9.17) is 13.6 Å². The van der Waals surface area contributed by atoms with Gasteiger partial charge in [0.1, 0.15) is 22.8 Å². The molecular weight excluding hydrogens is 655 g/mol. The average molecular weight is 711 g/mol. The van der Waals surface area contributed by atoms with E-state index in [1.54, 1.807) is 20.9 Å². The summed E-state index contributed by atoms with van der Waals surface area (Å²) in [5.74, 6) is 0. The molecule has 0 N–H and O–H groups in total. The largest absolute Gasteiger partial charge is 0.778 e. The number of hydrogen-bond acceptors (Lipinski definition) is 14. The zero-order valence-electron chi connectivity index (χ0n) is 27.9. The van der Waals surface area contributed by atoms with E-state index in [1.807, 2.05) is 39.0 Å². The van der Waals surface area contributed by atoms with Crippen molar-refractivity contribution in [3.8, 4) is 0 Å². The minimum Gasteiger partial charge on any atom is -0.778 e. The van der Waals surface area contributed by atoms with E-state index < -0.39 is 22.8 Å². The summed E-state index contributed by atoms with van der Waals surface area (Å²) in [5.41, 5.74) is 0.836. The number of rotatable bonds is 20. The second-order valence-corrected chi connectivity index (χ2v) is 17.1. The van der Waals surface area contributed by atoms with Crippen molar-refractivity contribution >= 4 is 22.8 Å². The van der Waals surface area contributed by atoms with Crippen molar-refractivity contribution in [3.05, 3.63) is 30.1 Å². The summed E-state index contributed by atoms with van der Waals surface area (Å²) in [4.78, 5) is 50.4. The summed E-state index contributed by atoms with van der Waals surface area (Å²) in [6.07, 6.45) is 5.01. The zero-order valence-corrected chi connectivity index (χ0v) is 30.6. The lowest BCUT2D eigenvalue weighted by molar-refractivity contribution is -0.203. The van der Waals surface area contributed by atoms with Gasteiger partial charge in [0.2, 0.25) is 0 Å². The molecule has 1 aliphatic rings. The molecule has 1 aromatic heterocycles. The maximum atomic E-state index is 12.9. The van der Waals surface area contributed by atoms with Crippen molar-refractivity contribution in [1.29, 1.82) is 0 Å². The molecule has 0 aliphatic carbocycles. The van der Waals surface area contributed by atoms with Crippen LogP contribution in [0.1, 0.15) is 65.0 Å². The van der Waals surface area contributed by atoms with Gasteiger partial charge in [0, 0.05) is 65.1 Å². The van der Waals surface area contributed by atoms with Crippen molar-refractivity contribution in [1.82, 2.24) is 24.6 Å². The molecule has 0 amide bonds. The fraction of sp³-hybridized carbons (Fsp3) is 0.828. The molecular formula is C29H55N5O9P3-3. The smallest absolute Gasteiger partial charge is 0.148 e. The Morgan fingerprint density at radius 1 is 0.609 bits per heavy atom. The van der Waals surface area contributed by atoms with Gasteiger partial charge in [-0.2, -0.15) is 0 Å². The molecule has 46 heavy (non-hydrogen) atoms. The summed E-state index contributed by atoms with van der Waals surface area (Å²) >= 11 is 0. The molecule has 17 heteroatoms. The Bertz CT molecular complexity index is 1060. The van der Waals surface area contributed by atoms with Crippen molar-refractivity contribution in [3.63, 3.8) is 0 Å². The topological polar surface area (TPSA) is 174 Å². The van der Waals surface area contributed by atoms with Crippen LogP contribution in [0.25, 0.3) is 0 Å². The molecule has 0 aromatic carbocycles. The molecule has 1 aromatic rings. The van der Waals surface area contributed by atoms with E-state index in [0.717, 1.165) is 25.0 Å². The molecule has 1 aliphatic heterocycles. The summed E-state index contributed by atoms with van der Waals surface area (Å²) in [6.45, 7) is 9.35. The van der Waals surface area contributed by atoms with E-state index in [-0.39, 0.29) is 64.9 Å². The third kappa shape index (κ3) is 18.8. The van der Waals surface area contributed by atoms with Crippen LogP contribution in [0.4, 0.5) is 0 Å². The fourth-order valence-electron chi connectivity index (χ4n) is 4.78. The van der Waals surface area contributed by atoms with Crippen LogP contribution in [-0.2, 0) is 33.8 Å². The zero-order chi connectivity index (χ0) is 33.9. The average Bonchev–Trinajstić information content (AvgIpc) is 2.99. The van der Waals surface area contributed by atoms with Crippen LogP contribution in [-0.4, -0.2) is 116 Å². The minimum atomic E-state index is -4.23. The number of hydrogen-bond donors (Lipinski definition) is 0. The summed E-state index contributed by atoms with van der Waals surface area (Å²) in [6, 6.07) is 5.64. The van der Waals surface area contributed by atoms with Gasteiger partial charge in [-0.15, -0.1) is 0 Å². The van der Waals surface area contributed by atoms with Crippen LogP contribution in [0.5, 0.6) is 0 Å². The molecule has 0 radical (unpaired) electrons. The van der Waals surface area contributed by atoms with Gasteiger partial charge in [-0.25, -0.2) is 0 Å². The SMILES string of the molecule is CCCCOP(=O)([O-])CN1CCN(Cc2ccccn2)CCN(CP(=O)([O-])OCCCC)CCN(CP(=O)([O-])OCCCC)CC1. The van der Waals surface area contributed by atoms with E-state index in [2.05, 4.69) is 9.88 Å². The first kappa shape index (κ1) is 41.6. The van der Waals surface area contributed by atoms with Crippen LogP contribution < -0.4 is 14.7 Å². The number of aromatic nitrogens is 1. The Morgan fingerprint density at radius 3 is 1.26 bits per heavy atom. The van der Waals surface area contributed by atoms with Gasteiger partial charge in [-0.1, -0.05) is 46.1 Å². The van der Waals surface area contributed by atoms with Gasteiger partial charge < -0.3 is 41.9 Å². The summed E-state index contributed by atoms with van der Waals surface area (Å²) in [5, 5.41) is 0. The van der Waals surface area contributed by atoms with Crippen molar-refractivity contribution in [2.45, 2.75) is 65.8 Å². The maximum Gasteiger partial charge on any atom is 0.148 e. The Hall–Kier alpha value is -0.560. The normalized spacial score (nSPS) is 21.1. The van der Waals surface area contributed by atoms with Gasteiger partial charge in [0.15, 0.2) is 0 Å². The molecule has 268 valence electrons. The number of unbranched alkanes of at least 4 members (excludes halogenated alkanes) is 3. The summed E-state index contributed by atoms with van der Waals surface area (Å²) < 4.78 is 54.4. The first-order valence-electron chi connectivity index (χ1n) is 16.5. The molecule has 2 rings (SSSR count). The van der Waals surface area contributed by atoms with Crippen LogP contribution in [0.2, 0.25) is 0 Å². The monoisotopic (exact) mass is 710 g/mol. The minimum absolute atomic E-state index is 0.0956. The molecule has 3 unspecified atom stereocenters. The second-order valence-electron chi connectivity index (χ2n) is 11.8. The Labute approximate surface area is 276 Å². The fourth-order valence-corrected chi connectivity index (χ4v) is 8.57. The molecule has 0 saturated carbocycles. The van der Waals surface area contributed by atoms with Gasteiger partial charge in [-0.05, 0) is 31.4 Å².